The lowest BCUT2D eigenvalue weighted by atomic mass is 9.85. The molecule has 0 saturated heterocycles. The zero-order valence-electron chi connectivity index (χ0n) is 18.8. The van der Waals surface area contributed by atoms with Crippen molar-refractivity contribution >= 4 is 32.3 Å². The van der Waals surface area contributed by atoms with Gasteiger partial charge in [-0.05, 0) is 53.1 Å². The van der Waals surface area contributed by atoms with Crippen molar-refractivity contribution in [3.8, 4) is 22.8 Å². The lowest BCUT2D eigenvalue weighted by Crippen LogP contribution is -2.32. The smallest absolute Gasteiger partial charge is 0.228 e. The molecule has 0 atom stereocenters. The number of nitrogens with zero attached hydrogens (tertiary/aromatic N) is 1. The van der Waals surface area contributed by atoms with Crippen molar-refractivity contribution in [3.63, 3.8) is 0 Å². The fraction of sp³-hybridized carbons (Fsp3) is 0.207. The fourth-order valence-corrected chi connectivity index (χ4v) is 5.40. The van der Waals surface area contributed by atoms with Crippen molar-refractivity contribution in [2.24, 2.45) is 13.0 Å². The van der Waals surface area contributed by atoms with E-state index in [9.17, 15) is 4.39 Å². The predicted molar refractivity (Wildman–Crippen MR) is 129 cm³/mol. The van der Waals surface area contributed by atoms with Crippen LogP contribution >= 0.6 is 0 Å². The molecule has 4 aromatic carbocycles. The molecule has 1 aromatic heterocycles. The van der Waals surface area contributed by atoms with Crippen LogP contribution in [0.25, 0.3) is 43.6 Å². The Labute approximate surface area is 186 Å². The zero-order valence-corrected chi connectivity index (χ0v) is 18.8. The fourth-order valence-electron chi connectivity index (χ4n) is 5.40. The first-order valence-electron chi connectivity index (χ1n) is 11.2. The number of fused-ring (bicyclic) bond motifs is 5. The van der Waals surface area contributed by atoms with Gasteiger partial charge in [0.25, 0.3) is 0 Å². The highest BCUT2D eigenvalue weighted by atomic mass is 19.1. The van der Waals surface area contributed by atoms with Crippen LogP contribution in [0.3, 0.4) is 0 Å². The van der Waals surface area contributed by atoms with Crippen molar-refractivity contribution in [2.75, 3.05) is 0 Å². The number of aryl methyl sites for hydroxylation is 2. The Morgan fingerprint density at radius 2 is 1.66 bits per heavy atom. The largest absolute Gasteiger partial charge is 0.455 e. The average molecular weight is 423 g/mol. The van der Waals surface area contributed by atoms with Crippen molar-refractivity contribution in [3.05, 3.63) is 77.7 Å². The number of halogens is 1. The van der Waals surface area contributed by atoms with E-state index in [4.69, 9.17) is 4.74 Å². The third-order valence-electron chi connectivity index (χ3n) is 6.78. The molecule has 0 aliphatic carbocycles. The van der Waals surface area contributed by atoms with Crippen LogP contribution in [0.1, 0.15) is 25.0 Å². The highest BCUT2D eigenvalue weighted by molar-refractivity contribution is 6.16. The molecule has 0 saturated carbocycles. The molecule has 158 valence electrons. The maximum absolute atomic E-state index is 14.8. The Hall–Kier alpha value is -3.46. The summed E-state index contributed by atoms with van der Waals surface area (Å²) in [6.45, 7) is 6.66. The number of hydrogen-bond acceptors (Lipinski definition) is 1. The van der Waals surface area contributed by atoms with Crippen LogP contribution in [0.2, 0.25) is 0 Å². The first-order chi connectivity index (χ1) is 15.5. The molecule has 0 N–H and O–H groups in total. The van der Waals surface area contributed by atoms with Gasteiger partial charge in [-0.2, -0.15) is 0 Å². The van der Waals surface area contributed by atoms with E-state index in [0.717, 1.165) is 45.3 Å². The van der Waals surface area contributed by atoms with Gasteiger partial charge >= 0.3 is 0 Å². The average Bonchev–Trinajstić information content (AvgIpc) is 2.78. The maximum atomic E-state index is 14.8. The van der Waals surface area contributed by atoms with Gasteiger partial charge in [-0.15, -0.1) is 0 Å². The molecule has 0 fully saturated rings. The summed E-state index contributed by atoms with van der Waals surface area (Å²) in [5, 5.41) is 6.09. The second-order valence-corrected chi connectivity index (χ2v) is 9.33. The van der Waals surface area contributed by atoms with E-state index in [1.165, 1.54) is 28.0 Å². The lowest BCUT2D eigenvalue weighted by Gasteiger charge is -2.26. The van der Waals surface area contributed by atoms with E-state index in [2.05, 4.69) is 68.9 Å². The summed E-state index contributed by atoms with van der Waals surface area (Å²) < 4.78 is 23.7. The Bertz CT molecular complexity index is 1580. The van der Waals surface area contributed by atoms with Crippen LogP contribution in [0.15, 0.2) is 60.8 Å². The van der Waals surface area contributed by atoms with Gasteiger partial charge < -0.3 is 4.74 Å². The number of benzene rings is 4. The van der Waals surface area contributed by atoms with E-state index in [1.54, 1.807) is 6.07 Å². The van der Waals surface area contributed by atoms with Gasteiger partial charge in [0.1, 0.15) is 24.4 Å². The van der Waals surface area contributed by atoms with Gasteiger partial charge in [-0.25, -0.2) is 8.96 Å². The summed E-state index contributed by atoms with van der Waals surface area (Å²) in [5.74, 6) is 1.91. The summed E-state index contributed by atoms with van der Waals surface area (Å²) in [6, 6.07) is 17.8. The second-order valence-electron chi connectivity index (χ2n) is 9.33. The molecular weight excluding hydrogens is 397 g/mol. The Kier molecular flexibility index (Phi) is 4.07. The molecule has 0 radical (unpaired) electrons. The zero-order chi connectivity index (χ0) is 22.1. The molecule has 2 nitrogen and oxygen atoms in total. The van der Waals surface area contributed by atoms with Gasteiger partial charge in [-0.3, -0.25) is 0 Å². The normalized spacial score (nSPS) is 12.6. The molecular formula is C29H25FNO+. The van der Waals surface area contributed by atoms with Crippen LogP contribution in [-0.4, -0.2) is 0 Å². The first-order valence-corrected chi connectivity index (χ1v) is 11.2. The molecule has 6 rings (SSSR count). The molecule has 0 spiro atoms. The molecule has 1 aliphatic rings. The van der Waals surface area contributed by atoms with Crippen LogP contribution in [0, 0.1) is 18.7 Å². The molecule has 0 amide bonds. The quantitative estimate of drug-likeness (QED) is 0.209. The maximum Gasteiger partial charge on any atom is 0.228 e. The van der Waals surface area contributed by atoms with Crippen LogP contribution in [-0.2, 0) is 13.5 Å². The third kappa shape index (κ3) is 2.54. The van der Waals surface area contributed by atoms with Gasteiger partial charge in [0.2, 0.25) is 5.69 Å². The van der Waals surface area contributed by atoms with Crippen LogP contribution < -0.4 is 9.30 Å². The summed E-state index contributed by atoms with van der Waals surface area (Å²) in [7, 11) is 2.08. The van der Waals surface area contributed by atoms with E-state index in [0.29, 0.717) is 11.3 Å². The number of ether oxygens (including phenoxy) is 1. The molecule has 1 aliphatic heterocycles. The number of hydrogen-bond donors (Lipinski definition) is 0. The predicted octanol–water partition coefficient (Wildman–Crippen LogP) is 7.39. The van der Waals surface area contributed by atoms with Crippen LogP contribution in [0.5, 0.6) is 11.5 Å². The van der Waals surface area contributed by atoms with Crippen molar-refractivity contribution in [1.29, 1.82) is 0 Å². The number of rotatable bonds is 2. The van der Waals surface area contributed by atoms with Crippen molar-refractivity contribution in [2.45, 2.75) is 27.2 Å². The standard InChI is InChI=1S/C29H25FNO/c1-16(2)14-23-19-9-6-5-8-18(19)17(3)26-28-27-21(12-13-31(28)4)20-10-7-11-24(30)22(20)15-25(27)32-29(23)26/h5-13,15-16H,14H2,1-4H3/q+1. The van der Waals surface area contributed by atoms with Gasteiger partial charge in [0.15, 0.2) is 6.20 Å². The minimum absolute atomic E-state index is 0.220. The van der Waals surface area contributed by atoms with Gasteiger partial charge in [0, 0.05) is 22.4 Å². The summed E-state index contributed by atoms with van der Waals surface area (Å²) in [5.41, 5.74) is 4.73. The third-order valence-corrected chi connectivity index (χ3v) is 6.78. The highest BCUT2D eigenvalue weighted by Gasteiger charge is 2.33. The molecule has 32 heavy (non-hydrogen) atoms. The molecule has 0 unspecified atom stereocenters. The Balaban J connectivity index is 1.84. The number of aromatic nitrogens is 1. The van der Waals surface area contributed by atoms with Gasteiger partial charge in [0.05, 0.1) is 10.9 Å². The summed E-state index contributed by atoms with van der Waals surface area (Å²) >= 11 is 0. The monoisotopic (exact) mass is 422 g/mol. The highest BCUT2D eigenvalue weighted by Crippen LogP contribution is 2.52. The SMILES string of the molecule is Cc1c2c(c(CC(C)C)c3ccccc13)Oc1cc3c(F)cccc3c3cc[n+](C)c-2c13. The lowest BCUT2D eigenvalue weighted by molar-refractivity contribution is -0.659. The van der Waals surface area contributed by atoms with Gasteiger partial charge in [-0.1, -0.05) is 50.2 Å². The van der Waals surface area contributed by atoms with E-state index in [-0.39, 0.29) is 5.82 Å². The minimum Gasteiger partial charge on any atom is -0.455 e. The van der Waals surface area contributed by atoms with Crippen LogP contribution in [0.4, 0.5) is 4.39 Å². The topological polar surface area (TPSA) is 13.1 Å². The first kappa shape index (κ1) is 19.2. The second kappa shape index (κ2) is 6.77. The number of pyridine rings is 1. The van der Waals surface area contributed by atoms with E-state index >= 15 is 0 Å². The summed E-state index contributed by atoms with van der Waals surface area (Å²) in [6.07, 6.45) is 3.00. The minimum atomic E-state index is -0.220. The van der Waals surface area contributed by atoms with Crippen molar-refractivity contribution < 1.29 is 13.7 Å². The Morgan fingerprint density at radius 3 is 2.44 bits per heavy atom. The van der Waals surface area contributed by atoms with E-state index < -0.39 is 0 Å². The molecule has 3 heteroatoms. The summed E-state index contributed by atoms with van der Waals surface area (Å²) in [4.78, 5) is 0. The molecule has 2 heterocycles. The molecule has 0 bridgehead atoms. The van der Waals surface area contributed by atoms with Crippen molar-refractivity contribution in [1.82, 2.24) is 0 Å². The Morgan fingerprint density at radius 1 is 0.906 bits per heavy atom. The van der Waals surface area contributed by atoms with E-state index in [1.807, 2.05) is 12.1 Å². The molecule has 5 aromatic rings.